The number of fused-ring (bicyclic) bond motifs is 1. The van der Waals surface area contributed by atoms with Gasteiger partial charge in [0, 0.05) is 18.5 Å². The quantitative estimate of drug-likeness (QED) is 0.0547. The Kier molecular flexibility index (Phi) is 21.9. The maximum absolute atomic E-state index is 12.9. The Hall–Kier alpha value is -9.02. The molecule has 85 heavy (non-hydrogen) atoms. The van der Waals surface area contributed by atoms with Gasteiger partial charge in [0.05, 0.1) is 34.2 Å². The van der Waals surface area contributed by atoms with Crippen LogP contribution in [-0.4, -0.2) is 46.5 Å². The molecule has 9 rings (SSSR count). The number of hydrogen-bond donors (Lipinski definition) is 0. The maximum atomic E-state index is 12.9. The first kappa shape index (κ1) is 62.0. The van der Waals surface area contributed by atoms with E-state index in [4.69, 9.17) is 42.9 Å². The summed E-state index contributed by atoms with van der Waals surface area (Å²) >= 11 is 0. The predicted octanol–water partition coefficient (Wildman–Crippen LogP) is 17.0. The summed E-state index contributed by atoms with van der Waals surface area (Å²) in [6.07, 6.45) is 10.6. The highest BCUT2D eigenvalue weighted by molar-refractivity contribution is 6.12. The van der Waals surface area contributed by atoms with E-state index in [0.717, 1.165) is 93.1 Å². The first-order chi connectivity index (χ1) is 41.1. The van der Waals surface area contributed by atoms with Gasteiger partial charge in [-0.25, -0.2) is 0 Å². The van der Waals surface area contributed by atoms with Crippen LogP contribution in [0.5, 0.6) is 46.0 Å². The molecule has 10 heteroatoms. The van der Waals surface area contributed by atoms with Crippen molar-refractivity contribution in [3.8, 4) is 46.0 Å². The minimum Gasteiger partial charge on any atom is -0.493 e. The molecule has 0 unspecified atom stereocenters. The highest BCUT2D eigenvalue weighted by Gasteiger charge is 2.24. The lowest BCUT2D eigenvalue weighted by Crippen LogP contribution is -2.14. The van der Waals surface area contributed by atoms with Crippen molar-refractivity contribution >= 4 is 23.6 Å². The number of ketones is 1. The number of methoxy groups -OCH3 is 4. The first-order valence-corrected chi connectivity index (χ1v) is 29.1. The van der Waals surface area contributed by atoms with Gasteiger partial charge in [-0.1, -0.05) is 181 Å². The lowest BCUT2D eigenvalue weighted by molar-refractivity contribution is -0.114. The lowest BCUT2D eigenvalue weighted by Gasteiger charge is -2.24. The first-order valence-electron chi connectivity index (χ1n) is 29.1. The monoisotopic (exact) mass is 1140 g/mol. The van der Waals surface area contributed by atoms with Gasteiger partial charge in [-0.15, -0.1) is 0 Å². The third-order valence-electron chi connectivity index (χ3n) is 14.6. The molecular weight excluding hydrogens is 1060 g/mol. The fourth-order valence-electron chi connectivity index (χ4n) is 9.95. The molecule has 8 aromatic carbocycles. The molecule has 0 radical (unpaired) electrons. The number of aliphatic imine (C=N–C) groups is 1. The summed E-state index contributed by atoms with van der Waals surface area (Å²) in [6.45, 7) is 15.6. The zero-order chi connectivity index (χ0) is 60.2. The van der Waals surface area contributed by atoms with Crippen LogP contribution in [0.3, 0.4) is 0 Å². The van der Waals surface area contributed by atoms with Crippen LogP contribution >= 0.6 is 0 Å². The molecule has 10 nitrogen and oxygen atoms in total. The number of benzene rings is 8. The molecule has 1 aliphatic rings. The van der Waals surface area contributed by atoms with E-state index >= 15 is 0 Å². The topological polar surface area (TPSA) is 103 Å². The van der Waals surface area contributed by atoms with Gasteiger partial charge in [-0.3, -0.25) is 9.79 Å². The van der Waals surface area contributed by atoms with E-state index in [0.29, 0.717) is 67.3 Å². The average molecular weight is 1140 g/mol. The molecule has 0 spiro atoms. The van der Waals surface area contributed by atoms with Crippen molar-refractivity contribution < 1.29 is 42.7 Å². The van der Waals surface area contributed by atoms with Crippen molar-refractivity contribution in [3.05, 3.63) is 249 Å². The van der Waals surface area contributed by atoms with Crippen LogP contribution in [-0.2, 0) is 54.9 Å². The third kappa shape index (κ3) is 17.8. The second kappa shape index (κ2) is 30.0. The molecule has 1 aliphatic heterocycles. The smallest absolute Gasteiger partial charge is 0.162 e. The number of allylic oxidation sites excluding steroid dienone is 2. The molecule has 1 heterocycles. The maximum Gasteiger partial charge on any atom is 0.162 e. The van der Waals surface area contributed by atoms with E-state index in [2.05, 4.69) is 96.2 Å². The summed E-state index contributed by atoms with van der Waals surface area (Å²) in [5, 5.41) is 0. The van der Waals surface area contributed by atoms with E-state index in [1.54, 1.807) is 34.5 Å². The van der Waals surface area contributed by atoms with Gasteiger partial charge in [0.2, 0.25) is 0 Å². The van der Waals surface area contributed by atoms with Crippen LogP contribution in [0.15, 0.2) is 193 Å². The fraction of sp³-hybridized carbons (Fsp3) is 0.280. The van der Waals surface area contributed by atoms with Crippen LogP contribution < -0.4 is 37.9 Å². The number of aryl methyl sites for hydroxylation is 1. The Morgan fingerprint density at radius 2 is 0.847 bits per heavy atom. The van der Waals surface area contributed by atoms with E-state index in [9.17, 15) is 4.79 Å². The van der Waals surface area contributed by atoms with Crippen molar-refractivity contribution in [2.24, 2.45) is 4.99 Å². The van der Waals surface area contributed by atoms with Gasteiger partial charge >= 0.3 is 0 Å². The van der Waals surface area contributed by atoms with Gasteiger partial charge < -0.3 is 37.9 Å². The second-order valence-corrected chi connectivity index (χ2v) is 22.9. The van der Waals surface area contributed by atoms with Crippen molar-refractivity contribution in [2.45, 2.75) is 104 Å². The van der Waals surface area contributed by atoms with Crippen molar-refractivity contribution in [1.29, 1.82) is 0 Å². The minimum absolute atomic E-state index is 0.0801. The van der Waals surface area contributed by atoms with Gasteiger partial charge in [0.1, 0.15) is 26.4 Å². The van der Waals surface area contributed by atoms with Crippen molar-refractivity contribution in [2.75, 3.05) is 35.0 Å². The van der Waals surface area contributed by atoms with E-state index in [1.807, 2.05) is 140 Å². The number of rotatable bonds is 24. The molecule has 440 valence electrons. The molecule has 0 aliphatic carbocycles. The van der Waals surface area contributed by atoms with Gasteiger partial charge in [0.15, 0.2) is 51.8 Å². The Balaban J connectivity index is 0.000000221. The molecule has 0 saturated carbocycles. The summed E-state index contributed by atoms with van der Waals surface area (Å²) in [6, 6.07) is 58.6. The van der Waals surface area contributed by atoms with E-state index < -0.39 is 0 Å². The zero-order valence-corrected chi connectivity index (χ0v) is 51.0. The average Bonchev–Trinajstić information content (AvgIpc) is 3.60. The standard InChI is InChI=1S/C38H42O5.C37H39NO4/c1-38(2,3)33-25-35(41-5)37(43-27-30-15-10-7-11-16-30)24-31(33)20-21-32(39)18-12-17-28-19-22-34(40-4)36(23-28)42-26-29-13-8-6-9-14-29;1-37(2,3)31-23-34(40-5)36(42-25-27-14-10-7-11-15-27)21-29(31)16-17-32-30-22-33(39-4)35(20-28(30)18-19-38-32)41-24-26-12-8-6-9-13-26/h6-11,13-16,19-25H,12,17-18,26-27H2,1-5H3;6-17,20-23H,18-19,24-25H2,1-5H3/b21-20+;17-16+. The summed E-state index contributed by atoms with van der Waals surface area (Å²) in [5.41, 5.74) is 12.7. The zero-order valence-electron chi connectivity index (χ0n) is 51.0. The number of ether oxygens (including phenoxy) is 8. The molecule has 0 N–H and O–H groups in total. The summed E-state index contributed by atoms with van der Waals surface area (Å²) < 4.78 is 47.3. The van der Waals surface area contributed by atoms with Gasteiger partial charge in [-0.05, 0) is 146 Å². The molecule has 0 atom stereocenters. The normalized spacial score (nSPS) is 12.1. The lowest BCUT2D eigenvalue weighted by atomic mass is 9.83. The summed E-state index contributed by atoms with van der Waals surface area (Å²) in [5.74, 6) is 5.68. The fourth-order valence-corrected chi connectivity index (χ4v) is 9.95. The Morgan fingerprint density at radius 3 is 1.28 bits per heavy atom. The van der Waals surface area contributed by atoms with Crippen molar-refractivity contribution in [3.63, 3.8) is 0 Å². The largest absolute Gasteiger partial charge is 0.493 e. The minimum atomic E-state index is -0.150. The molecule has 0 amide bonds. The molecule has 0 fully saturated rings. The highest BCUT2D eigenvalue weighted by Crippen LogP contribution is 2.40. The number of carbonyl (C=O) groups is 1. The third-order valence-corrected chi connectivity index (χ3v) is 14.6. The van der Waals surface area contributed by atoms with Crippen LogP contribution in [0.25, 0.3) is 12.2 Å². The number of hydrogen-bond acceptors (Lipinski definition) is 10. The number of nitrogens with zero attached hydrogens (tertiary/aromatic N) is 1. The Labute approximate surface area is 503 Å². The SMILES string of the molecule is COc1cc(C(C)(C)C)c(/C=C/C2=NCCc3cc(OCc4ccccc4)c(OC)cc32)cc1OCc1ccccc1.COc1ccc(CCCC(=O)/C=C/c2cc(OCc3ccccc3)c(OC)cc2C(C)(C)C)cc1OCc1ccccc1. The van der Waals surface area contributed by atoms with Crippen molar-refractivity contribution in [1.82, 2.24) is 0 Å². The molecule has 0 aromatic heterocycles. The summed E-state index contributed by atoms with van der Waals surface area (Å²) in [7, 11) is 6.65. The summed E-state index contributed by atoms with van der Waals surface area (Å²) in [4.78, 5) is 17.8. The van der Waals surface area contributed by atoms with Crippen LogP contribution in [0.1, 0.15) is 116 Å². The molecule has 0 saturated heterocycles. The Morgan fingerprint density at radius 1 is 0.435 bits per heavy atom. The Bertz CT molecular complexity index is 3540. The van der Waals surface area contributed by atoms with Gasteiger partial charge in [-0.2, -0.15) is 0 Å². The molecule has 8 aromatic rings. The number of carbonyl (C=O) groups excluding carboxylic acids is 1. The van der Waals surface area contributed by atoms with Gasteiger partial charge in [0.25, 0.3) is 0 Å². The van der Waals surface area contributed by atoms with E-state index in [1.165, 1.54) is 11.1 Å². The predicted molar refractivity (Wildman–Crippen MR) is 344 cm³/mol. The molecule has 0 bridgehead atoms. The molecular formula is C75H81NO9. The highest BCUT2D eigenvalue weighted by atomic mass is 16.5. The van der Waals surface area contributed by atoms with Crippen LogP contribution in [0, 0.1) is 0 Å². The second-order valence-electron chi connectivity index (χ2n) is 22.9. The van der Waals surface area contributed by atoms with E-state index in [-0.39, 0.29) is 16.6 Å². The van der Waals surface area contributed by atoms with Crippen LogP contribution in [0.2, 0.25) is 0 Å². The van der Waals surface area contributed by atoms with Crippen LogP contribution in [0.4, 0.5) is 0 Å².